The van der Waals surface area contributed by atoms with Crippen molar-refractivity contribution in [2.75, 3.05) is 7.11 Å². The number of rotatable bonds is 2. The first-order valence-electron chi connectivity index (χ1n) is 4.69. The molecule has 0 fully saturated rings. The molecule has 1 heterocycles. The number of halogens is 3. The van der Waals surface area contributed by atoms with E-state index in [2.05, 4.69) is 30.9 Å². The predicted octanol–water partition coefficient (Wildman–Crippen LogP) is 3.25. The van der Waals surface area contributed by atoms with E-state index in [9.17, 15) is 8.78 Å². The highest BCUT2D eigenvalue weighted by molar-refractivity contribution is 9.10. The Morgan fingerprint density at radius 3 is 2.72 bits per heavy atom. The normalized spacial score (nSPS) is 10.4. The molecule has 0 bridgehead atoms. The van der Waals surface area contributed by atoms with Crippen molar-refractivity contribution in [1.29, 1.82) is 0 Å². The Morgan fingerprint density at radius 2 is 2.06 bits per heavy atom. The third-order valence-corrected chi connectivity index (χ3v) is 2.90. The molecule has 0 spiro atoms. The van der Waals surface area contributed by atoms with Crippen LogP contribution in [0.25, 0.3) is 11.4 Å². The van der Waals surface area contributed by atoms with Gasteiger partial charge in [-0.15, -0.1) is 0 Å². The Labute approximate surface area is 114 Å². The van der Waals surface area contributed by atoms with Gasteiger partial charge in [0, 0.05) is 0 Å². The molecule has 0 unspecified atom stereocenters. The second-order valence-corrected chi connectivity index (χ2v) is 4.43. The van der Waals surface area contributed by atoms with Gasteiger partial charge in [-0.25, -0.2) is 8.78 Å². The average Bonchev–Trinajstić information content (AvgIpc) is 2.34. The highest BCUT2D eigenvalue weighted by atomic mass is 79.9. The van der Waals surface area contributed by atoms with E-state index in [4.69, 9.17) is 17.0 Å². The average molecular weight is 334 g/mol. The lowest BCUT2D eigenvalue weighted by Gasteiger charge is -2.07. The Kier molecular flexibility index (Phi) is 3.67. The summed E-state index contributed by atoms with van der Waals surface area (Å²) in [5, 5.41) is 0. The van der Waals surface area contributed by atoms with Crippen molar-refractivity contribution in [3.63, 3.8) is 0 Å². The summed E-state index contributed by atoms with van der Waals surface area (Å²) in [5.74, 6) is -1.62. The van der Waals surface area contributed by atoms with Crippen molar-refractivity contribution < 1.29 is 13.5 Å². The van der Waals surface area contributed by atoms with E-state index in [1.54, 1.807) is 0 Å². The number of methoxy groups -OCH3 is 1. The summed E-state index contributed by atoms with van der Waals surface area (Å²) in [6.07, 6.45) is 0. The largest absolute Gasteiger partial charge is 0.468 e. The summed E-state index contributed by atoms with van der Waals surface area (Å²) in [6, 6.07) is 2.42. The van der Waals surface area contributed by atoms with Crippen molar-refractivity contribution >= 4 is 28.1 Å². The molecule has 0 amide bonds. The van der Waals surface area contributed by atoms with Gasteiger partial charge in [0.15, 0.2) is 11.6 Å². The molecule has 0 aliphatic rings. The van der Waals surface area contributed by atoms with Gasteiger partial charge >= 0.3 is 0 Å². The van der Waals surface area contributed by atoms with Gasteiger partial charge in [0.2, 0.25) is 4.77 Å². The van der Waals surface area contributed by atoms with E-state index in [-0.39, 0.29) is 26.6 Å². The van der Waals surface area contributed by atoms with Gasteiger partial charge in [0.05, 0.1) is 17.1 Å². The number of aromatic nitrogens is 3. The van der Waals surface area contributed by atoms with Crippen LogP contribution in [0.5, 0.6) is 6.01 Å². The predicted molar refractivity (Wildman–Crippen MR) is 66.8 cm³/mol. The second kappa shape index (κ2) is 5.07. The molecule has 4 nitrogen and oxygen atoms in total. The van der Waals surface area contributed by atoms with Crippen molar-refractivity contribution in [3.05, 3.63) is 33.0 Å². The number of aromatic amines is 1. The zero-order valence-electron chi connectivity index (χ0n) is 9.00. The maximum Gasteiger partial charge on any atom is 0.297 e. The first-order valence-corrected chi connectivity index (χ1v) is 5.89. The molecule has 0 radical (unpaired) electrons. The number of nitrogens with one attached hydrogen (secondary N) is 1. The van der Waals surface area contributed by atoms with Crippen LogP contribution < -0.4 is 4.74 Å². The SMILES string of the molecule is COc1nc(=S)nc(-c2c(F)ccc(Br)c2F)[nH]1. The van der Waals surface area contributed by atoms with Crippen molar-refractivity contribution in [3.8, 4) is 17.4 Å². The van der Waals surface area contributed by atoms with Crippen LogP contribution in [-0.4, -0.2) is 22.1 Å². The van der Waals surface area contributed by atoms with Crippen LogP contribution in [-0.2, 0) is 0 Å². The Morgan fingerprint density at radius 1 is 1.33 bits per heavy atom. The molecule has 18 heavy (non-hydrogen) atoms. The number of hydrogen-bond acceptors (Lipinski definition) is 4. The molecule has 0 saturated carbocycles. The summed E-state index contributed by atoms with van der Waals surface area (Å²) >= 11 is 7.77. The third kappa shape index (κ3) is 2.39. The van der Waals surface area contributed by atoms with Gasteiger partial charge < -0.3 is 4.74 Å². The Bertz CT molecular complexity index is 662. The van der Waals surface area contributed by atoms with Gasteiger partial charge in [-0.3, -0.25) is 4.98 Å². The van der Waals surface area contributed by atoms with Gasteiger partial charge in [-0.2, -0.15) is 9.97 Å². The molecule has 1 N–H and O–H groups in total. The first-order chi connectivity index (χ1) is 8.52. The lowest BCUT2D eigenvalue weighted by Crippen LogP contribution is -2.01. The number of ether oxygens (including phenoxy) is 1. The fourth-order valence-electron chi connectivity index (χ4n) is 1.32. The van der Waals surface area contributed by atoms with E-state index in [0.29, 0.717) is 0 Å². The lowest BCUT2D eigenvalue weighted by molar-refractivity contribution is 0.377. The van der Waals surface area contributed by atoms with Crippen LogP contribution in [0.1, 0.15) is 0 Å². The molecular formula is C10H6BrF2N3OS. The van der Waals surface area contributed by atoms with Crippen molar-refractivity contribution in [2.24, 2.45) is 0 Å². The molecule has 2 rings (SSSR count). The zero-order valence-corrected chi connectivity index (χ0v) is 11.4. The smallest absolute Gasteiger partial charge is 0.297 e. The molecular weight excluding hydrogens is 328 g/mol. The number of nitrogens with zero attached hydrogens (tertiary/aromatic N) is 2. The zero-order chi connectivity index (χ0) is 13.3. The summed E-state index contributed by atoms with van der Waals surface area (Å²) in [6.45, 7) is 0. The van der Waals surface area contributed by atoms with E-state index in [1.165, 1.54) is 13.2 Å². The molecule has 94 valence electrons. The number of benzene rings is 1. The third-order valence-electron chi connectivity index (χ3n) is 2.10. The molecule has 8 heteroatoms. The maximum absolute atomic E-state index is 13.9. The van der Waals surface area contributed by atoms with Crippen LogP contribution in [0.4, 0.5) is 8.78 Å². The van der Waals surface area contributed by atoms with Crippen LogP contribution >= 0.6 is 28.1 Å². The lowest BCUT2D eigenvalue weighted by atomic mass is 10.2. The first kappa shape index (κ1) is 13.0. The van der Waals surface area contributed by atoms with Crippen LogP contribution in [0.3, 0.4) is 0 Å². The van der Waals surface area contributed by atoms with Gasteiger partial charge in [0.1, 0.15) is 5.82 Å². The van der Waals surface area contributed by atoms with Crippen LogP contribution in [0, 0.1) is 16.4 Å². The number of hydrogen-bond donors (Lipinski definition) is 1. The number of H-pyrrole nitrogens is 1. The topological polar surface area (TPSA) is 50.8 Å². The standard InChI is InChI=1S/C10H6BrF2N3OS/c1-17-9-14-8(15-10(18)16-9)6-5(12)3-2-4(11)7(6)13/h2-3H,1H3,(H,14,15,16,18). The molecule has 0 aliphatic carbocycles. The minimum atomic E-state index is -0.776. The Hall–Kier alpha value is -1.41. The Balaban J connectivity index is 2.73. The van der Waals surface area contributed by atoms with Gasteiger partial charge in [-0.05, 0) is 40.3 Å². The molecule has 2 aromatic rings. The summed E-state index contributed by atoms with van der Waals surface area (Å²) in [4.78, 5) is 10.1. The summed E-state index contributed by atoms with van der Waals surface area (Å²) in [7, 11) is 1.35. The van der Waals surface area contributed by atoms with Crippen LogP contribution in [0.2, 0.25) is 0 Å². The van der Waals surface area contributed by atoms with E-state index in [1.807, 2.05) is 0 Å². The molecule has 1 aromatic heterocycles. The molecule has 0 saturated heterocycles. The fraction of sp³-hybridized carbons (Fsp3) is 0.100. The quantitative estimate of drug-likeness (QED) is 0.677. The van der Waals surface area contributed by atoms with E-state index < -0.39 is 11.6 Å². The summed E-state index contributed by atoms with van der Waals surface area (Å²) < 4.78 is 32.4. The van der Waals surface area contributed by atoms with Gasteiger partial charge in [0.25, 0.3) is 6.01 Å². The minimum absolute atomic E-state index is 0.0313. The van der Waals surface area contributed by atoms with E-state index in [0.717, 1.165) is 6.07 Å². The second-order valence-electron chi connectivity index (χ2n) is 3.21. The maximum atomic E-state index is 13.9. The highest BCUT2D eigenvalue weighted by Crippen LogP contribution is 2.28. The fourth-order valence-corrected chi connectivity index (χ4v) is 1.83. The minimum Gasteiger partial charge on any atom is -0.468 e. The van der Waals surface area contributed by atoms with Gasteiger partial charge in [-0.1, -0.05) is 0 Å². The monoisotopic (exact) mass is 333 g/mol. The van der Waals surface area contributed by atoms with Crippen molar-refractivity contribution in [1.82, 2.24) is 15.0 Å². The van der Waals surface area contributed by atoms with Crippen LogP contribution in [0.15, 0.2) is 16.6 Å². The molecule has 1 aromatic carbocycles. The van der Waals surface area contributed by atoms with Crippen molar-refractivity contribution in [2.45, 2.75) is 0 Å². The molecule has 0 aliphatic heterocycles. The summed E-state index contributed by atoms with van der Waals surface area (Å²) in [5.41, 5.74) is -0.323. The molecule has 0 atom stereocenters. The van der Waals surface area contributed by atoms with E-state index >= 15 is 0 Å². The highest BCUT2D eigenvalue weighted by Gasteiger charge is 2.17.